The van der Waals surface area contributed by atoms with Gasteiger partial charge in [-0.25, -0.2) is 0 Å². The first-order valence-electron chi connectivity index (χ1n) is 7.40. The van der Waals surface area contributed by atoms with Crippen LogP contribution in [-0.4, -0.2) is 18.2 Å². The average Bonchev–Trinajstić information content (AvgIpc) is 2.55. The Labute approximate surface area is 130 Å². The van der Waals surface area contributed by atoms with Gasteiger partial charge in [-0.1, -0.05) is 23.8 Å². The Balaban J connectivity index is 0.000000131. The average molecular weight is 293 g/mol. The molecule has 112 valence electrons. The van der Waals surface area contributed by atoms with Crippen molar-refractivity contribution in [3.63, 3.8) is 0 Å². The van der Waals surface area contributed by atoms with Crippen molar-refractivity contribution in [3.8, 4) is 11.5 Å². The highest BCUT2D eigenvalue weighted by atomic mass is 16.6. The number of aromatic nitrogens is 1. The van der Waals surface area contributed by atoms with Crippen molar-refractivity contribution in [1.82, 2.24) is 4.98 Å². The van der Waals surface area contributed by atoms with Gasteiger partial charge < -0.3 is 9.47 Å². The van der Waals surface area contributed by atoms with Crippen LogP contribution in [-0.2, 0) is 0 Å². The molecule has 0 bridgehead atoms. The van der Waals surface area contributed by atoms with Crippen molar-refractivity contribution in [2.24, 2.45) is 0 Å². The second kappa shape index (κ2) is 6.48. The topological polar surface area (TPSA) is 31.4 Å². The normalized spacial score (nSPS) is 12.5. The van der Waals surface area contributed by atoms with Crippen LogP contribution in [0, 0.1) is 13.8 Å². The van der Waals surface area contributed by atoms with Crippen LogP contribution < -0.4 is 9.47 Å². The molecule has 1 aliphatic rings. The molecule has 0 fully saturated rings. The number of nitrogens with zero attached hydrogens (tertiary/aromatic N) is 1. The molecule has 0 radical (unpaired) electrons. The summed E-state index contributed by atoms with van der Waals surface area (Å²) in [5.74, 6) is 1.73. The highest BCUT2D eigenvalue weighted by Crippen LogP contribution is 2.30. The largest absolute Gasteiger partial charge is 0.486 e. The molecule has 0 unspecified atom stereocenters. The second-order valence-electron chi connectivity index (χ2n) is 5.35. The van der Waals surface area contributed by atoms with Crippen LogP contribution in [0.3, 0.4) is 0 Å². The van der Waals surface area contributed by atoms with E-state index in [9.17, 15) is 0 Å². The van der Waals surface area contributed by atoms with Crippen molar-refractivity contribution in [3.05, 3.63) is 65.9 Å². The molecule has 2 aromatic carbocycles. The van der Waals surface area contributed by atoms with Crippen molar-refractivity contribution in [2.45, 2.75) is 13.8 Å². The van der Waals surface area contributed by atoms with Gasteiger partial charge in [-0.2, -0.15) is 0 Å². The number of hydrogen-bond acceptors (Lipinski definition) is 3. The third-order valence-electron chi connectivity index (χ3n) is 3.46. The molecule has 0 atom stereocenters. The molecule has 1 aliphatic heterocycles. The Morgan fingerprint density at radius 3 is 2.41 bits per heavy atom. The summed E-state index contributed by atoms with van der Waals surface area (Å²) in [5, 5.41) is 1.22. The Morgan fingerprint density at radius 1 is 0.818 bits per heavy atom. The maximum absolute atomic E-state index is 5.38. The second-order valence-corrected chi connectivity index (χ2v) is 5.35. The van der Waals surface area contributed by atoms with Crippen molar-refractivity contribution in [1.29, 1.82) is 0 Å². The summed E-state index contributed by atoms with van der Waals surface area (Å²) in [6.45, 7) is 5.46. The lowest BCUT2D eigenvalue weighted by atomic mass is 10.1. The first kappa shape index (κ1) is 14.4. The fraction of sp³-hybridized carbons (Fsp3) is 0.211. The first-order valence-corrected chi connectivity index (χ1v) is 7.40. The van der Waals surface area contributed by atoms with Crippen LogP contribution in [0.15, 0.2) is 54.7 Å². The molecule has 0 saturated heterocycles. The molecule has 0 aliphatic carbocycles. The minimum Gasteiger partial charge on any atom is -0.486 e. The van der Waals surface area contributed by atoms with E-state index < -0.39 is 0 Å². The van der Waals surface area contributed by atoms with E-state index in [2.05, 4.69) is 30.1 Å². The molecule has 3 aromatic rings. The van der Waals surface area contributed by atoms with Gasteiger partial charge >= 0.3 is 0 Å². The van der Waals surface area contributed by atoms with E-state index in [-0.39, 0.29) is 0 Å². The minimum absolute atomic E-state index is 0.663. The zero-order chi connectivity index (χ0) is 15.4. The molecule has 3 heteroatoms. The van der Waals surface area contributed by atoms with Gasteiger partial charge in [0, 0.05) is 11.6 Å². The molecular weight excluding hydrogens is 274 g/mol. The number of hydrogen-bond donors (Lipinski definition) is 0. The van der Waals surface area contributed by atoms with Crippen LogP contribution >= 0.6 is 0 Å². The smallest absolute Gasteiger partial charge is 0.161 e. The van der Waals surface area contributed by atoms with Crippen LogP contribution in [0.5, 0.6) is 11.5 Å². The molecule has 3 nitrogen and oxygen atoms in total. The highest BCUT2D eigenvalue weighted by molar-refractivity contribution is 5.78. The lowest BCUT2D eigenvalue weighted by Gasteiger charge is -2.18. The van der Waals surface area contributed by atoms with Crippen molar-refractivity contribution < 1.29 is 9.47 Å². The number of rotatable bonds is 0. The predicted octanol–water partition coefficient (Wildman–Crippen LogP) is 4.31. The van der Waals surface area contributed by atoms with E-state index in [4.69, 9.17) is 9.47 Å². The summed E-state index contributed by atoms with van der Waals surface area (Å²) in [6.07, 6.45) is 1.82. The van der Waals surface area contributed by atoms with E-state index in [1.807, 2.05) is 43.5 Å². The maximum Gasteiger partial charge on any atom is 0.161 e. The fourth-order valence-electron chi connectivity index (χ4n) is 2.35. The molecule has 0 saturated carbocycles. The Morgan fingerprint density at radius 2 is 1.55 bits per heavy atom. The quantitative estimate of drug-likeness (QED) is 0.619. The number of fused-ring (bicyclic) bond motifs is 2. The van der Waals surface area contributed by atoms with Crippen LogP contribution in [0.1, 0.15) is 11.1 Å². The van der Waals surface area contributed by atoms with Crippen LogP contribution in [0.4, 0.5) is 0 Å². The lowest BCUT2D eigenvalue weighted by Crippen LogP contribution is -2.15. The third-order valence-corrected chi connectivity index (χ3v) is 3.46. The molecule has 22 heavy (non-hydrogen) atoms. The molecule has 0 spiro atoms. The van der Waals surface area contributed by atoms with E-state index in [1.165, 1.54) is 16.5 Å². The summed E-state index contributed by atoms with van der Waals surface area (Å²) in [6, 6.07) is 16.3. The predicted molar refractivity (Wildman–Crippen MR) is 88.6 cm³/mol. The lowest BCUT2D eigenvalue weighted by molar-refractivity contribution is 0.171. The summed E-state index contributed by atoms with van der Waals surface area (Å²) < 4.78 is 10.7. The number of aryl methyl sites for hydroxylation is 2. The molecule has 0 amide bonds. The van der Waals surface area contributed by atoms with Gasteiger partial charge in [0.15, 0.2) is 11.5 Å². The fourth-order valence-corrected chi connectivity index (χ4v) is 2.35. The van der Waals surface area contributed by atoms with Crippen LogP contribution in [0.25, 0.3) is 10.9 Å². The van der Waals surface area contributed by atoms with Crippen molar-refractivity contribution >= 4 is 10.9 Å². The van der Waals surface area contributed by atoms with E-state index in [0.29, 0.717) is 13.2 Å². The van der Waals surface area contributed by atoms with Gasteiger partial charge in [-0.15, -0.1) is 0 Å². The minimum atomic E-state index is 0.663. The zero-order valence-electron chi connectivity index (χ0n) is 12.9. The SMILES string of the molecule is Cc1ccc2c(c1)OCCO2.Cc1ccc2ncccc2c1. The summed E-state index contributed by atoms with van der Waals surface area (Å²) in [4.78, 5) is 4.22. The molecular formula is C19H19NO2. The van der Waals surface area contributed by atoms with Crippen LogP contribution in [0.2, 0.25) is 0 Å². The Hall–Kier alpha value is -2.55. The monoisotopic (exact) mass is 293 g/mol. The summed E-state index contributed by atoms with van der Waals surface area (Å²) >= 11 is 0. The van der Waals surface area contributed by atoms with Gasteiger partial charge in [-0.05, 0) is 49.7 Å². The van der Waals surface area contributed by atoms with Gasteiger partial charge in [-0.3, -0.25) is 4.98 Å². The molecule has 4 rings (SSSR count). The number of ether oxygens (including phenoxy) is 2. The van der Waals surface area contributed by atoms with E-state index in [1.54, 1.807) is 0 Å². The number of pyridine rings is 1. The number of benzene rings is 2. The van der Waals surface area contributed by atoms with E-state index in [0.717, 1.165) is 17.0 Å². The van der Waals surface area contributed by atoms with Gasteiger partial charge in [0.1, 0.15) is 13.2 Å². The third kappa shape index (κ3) is 3.37. The highest BCUT2D eigenvalue weighted by Gasteiger charge is 2.09. The standard InChI is InChI=1S/C10H9N.C9H10O2/c1-8-4-5-10-9(7-8)3-2-6-11-10;1-7-2-3-8-9(6-7)11-5-4-10-8/h2-7H,1H3;2-3,6H,4-5H2,1H3. The van der Waals surface area contributed by atoms with E-state index >= 15 is 0 Å². The van der Waals surface area contributed by atoms with Gasteiger partial charge in [0.25, 0.3) is 0 Å². The van der Waals surface area contributed by atoms with Crippen molar-refractivity contribution in [2.75, 3.05) is 13.2 Å². The first-order chi connectivity index (χ1) is 10.7. The molecule has 1 aromatic heterocycles. The summed E-state index contributed by atoms with van der Waals surface area (Å²) in [5.41, 5.74) is 3.55. The zero-order valence-corrected chi connectivity index (χ0v) is 12.9. The Bertz CT molecular complexity index is 783. The Kier molecular flexibility index (Phi) is 4.24. The van der Waals surface area contributed by atoms with Gasteiger partial charge in [0.05, 0.1) is 5.52 Å². The molecule has 2 heterocycles. The van der Waals surface area contributed by atoms with Gasteiger partial charge in [0.2, 0.25) is 0 Å². The molecule has 0 N–H and O–H groups in total. The summed E-state index contributed by atoms with van der Waals surface area (Å²) in [7, 11) is 0. The maximum atomic E-state index is 5.38.